The van der Waals surface area contributed by atoms with Crippen molar-refractivity contribution in [1.82, 2.24) is 10.3 Å². The van der Waals surface area contributed by atoms with Crippen LogP contribution in [0.3, 0.4) is 0 Å². The first-order valence-electron chi connectivity index (χ1n) is 5.52. The molecule has 0 saturated carbocycles. The maximum absolute atomic E-state index is 5.18. The van der Waals surface area contributed by atoms with Crippen molar-refractivity contribution >= 4 is 8.41 Å². The molecule has 1 aromatic rings. The van der Waals surface area contributed by atoms with Gasteiger partial charge in [-0.3, -0.25) is 4.98 Å². The van der Waals surface area contributed by atoms with Crippen LogP contribution in [0.1, 0.15) is 31.4 Å². The summed E-state index contributed by atoms with van der Waals surface area (Å²) in [5, 5.41) is 3.54. The van der Waals surface area contributed by atoms with Gasteiger partial charge in [0.15, 0.2) is 0 Å². The van der Waals surface area contributed by atoms with E-state index in [4.69, 9.17) is 4.74 Å². The second-order valence-electron chi connectivity index (χ2n) is 4.30. The van der Waals surface area contributed by atoms with E-state index in [9.17, 15) is 0 Å². The Morgan fingerprint density at radius 1 is 1.35 bits per heavy atom. The van der Waals surface area contributed by atoms with E-state index in [1.165, 1.54) is 18.4 Å². The van der Waals surface area contributed by atoms with Gasteiger partial charge < -0.3 is 10.1 Å². The Bertz CT molecular complexity index is 330. The van der Waals surface area contributed by atoms with Gasteiger partial charge >= 0.3 is 29.6 Å². The summed E-state index contributed by atoms with van der Waals surface area (Å²) in [6.45, 7) is 3.38. The largest absolute Gasteiger partial charge is 1.00 e. The molecule has 2 atom stereocenters. The molecule has 2 unspecified atom stereocenters. The van der Waals surface area contributed by atoms with Gasteiger partial charge in [-0.15, -0.1) is 0 Å². The monoisotopic (exact) mass is 244 g/mol. The molecule has 5 heteroatoms. The molecule has 1 aliphatic rings. The van der Waals surface area contributed by atoms with Crippen molar-refractivity contribution in [2.24, 2.45) is 5.92 Å². The van der Waals surface area contributed by atoms with Crippen LogP contribution in [0, 0.1) is 5.92 Å². The molecule has 0 radical (unpaired) electrons. The molecule has 17 heavy (non-hydrogen) atoms. The third-order valence-electron chi connectivity index (χ3n) is 3.03. The van der Waals surface area contributed by atoms with Crippen LogP contribution in [-0.4, -0.2) is 27.1 Å². The quantitative estimate of drug-likeness (QED) is 0.594. The van der Waals surface area contributed by atoms with Gasteiger partial charge in [-0.05, 0) is 36.9 Å². The maximum atomic E-state index is 5.18. The van der Waals surface area contributed by atoms with Crippen molar-refractivity contribution in [2.75, 3.05) is 13.7 Å². The normalized spacial score (nSPS) is 23.2. The summed E-state index contributed by atoms with van der Waals surface area (Å²) in [4.78, 5) is 4.18. The molecule has 90 valence electrons. The van der Waals surface area contributed by atoms with Crippen LogP contribution in [-0.2, 0) is 0 Å². The SMILES string of the molecule is COc1cncc(C2CCC(C)CN2)c1.[BH4-].[Na+]. The van der Waals surface area contributed by atoms with E-state index >= 15 is 0 Å². The molecule has 2 heterocycles. The molecule has 2 rings (SSSR count). The molecule has 1 aromatic heterocycles. The number of hydrogen-bond acceptors (Lipinski definition) is 3. The van der Waals surface area contributed by atoms with Gasteiger partial charge in [0, 0.05) is 12.2 Å². The Morgan fingerprint density at radius 3 is 2.71 bits per heavy atom. The zero-order chi connectivity index (χ0) is 10.7. The predicted molar refractivity (Wildman–Crippen MR) is 71.3 cm³/mol. The topological polar surface area (TPSA) is 34.1 Å². The number of nitrogens with zero attached hydrogens (tertiary/aromatic N) is 1. The summed E-state index contributed by atoms with van der Waals surface area (Å²) >= 11 is 0. The van der Waals surface area contributed by atoms with E-state index in [-0.39, 0.29) is 38.0 Å². The number of pyridine rings is 1. The van der Waals surface area contributed by atoms with E-state index in [0.29, 0.717) is 6.04 Å². The second-order valence-corrected chi connectivity index (χ2v) is 4.30. The average Bonchev–Trinajstić information content (AvgIpc) is 2.30. The van der Waals surface area contributed by atoms with Gasteiger partial charge in [0.1, 0.15) is 5.75 Å². The van der Waals surface area contributed by atoms with Crippen molar-refractivity contribution < 1.29 is 34.3 Å². The van der Waals surface area contributed by atoms with Crippen LogP contribution in [0.2, 0.25) is 0 Å². The third-order valence-corrected chi connectivity index (χ3v) is 3.03. The molecular formula is C12H22BN2NaO. The van der Waals surface area contributed by atoms with Crippen LogP contribution in [0.25, 0.3) is 0 Å². The zero-order valence-corrected chi connectivity index (χ0v) is 12.4. The van der Waals surface area contributed by atoms with Crippen LogP contribution < -0.4 is 39.6 Å². The van der Waals surface area contributed by atoms with E-state index < -0.39 is 0 Å². The molecule has 0 bridgehead atoms. The fourth-order valence-electron chi connectivity index (χ4n) is 2.02. The first-order valence-corrected chi connectivity index (χ1v) is 5.52. The first kappa shape index (κ1) is 17.0. The summed E-state index contributed by atoms with van der Waals surface area (Å²) in [6, 6.07) is 2.52. The van der Waals surface area contributed by atoms with Crippen LogP contribution in [0.4, 0.5) is 0 Å². The summed E-state index contributed by atoms with van der Waals surface area (Å²) in [5.74, 6) is 1.63. The Labute approximate surface area is 128 Å². The number of methoxy groups -OCH3 is 1. The molecule has 1 N–H and O–H groups in total. The fourth-order valence-corrected chi connectivity index (χ4v) is 2.02. The predicted octanol–water partition coefficient (Wildman–Crippen LogP) is -2.30. The van der Waals surface area contributed by atoms with Gasteiger partial charge in [-0.25, -0.2) is 0 Å². The molecule has 0 spiro atoms. The zero-order valence-electron chi connectivity index (χ0n) is 10.4. The van der Waals surface area contributed by atoms with Crippen molar-refractivity contribution in [3.8, 4) is 5.75 Å². The van der Waals surface area contributed by atoms with Crippen LogP contribution in [0.15, 0.2) is 18.5 Å². The van der Waals surface area contributed by atoms with E-state index in [1.807, 2.05) is 6.20 Å². The second kappa shape index (κ2) is 8.14. The molecule has 1 fully saturated rings. The Kier molecular flexibility index (Phi) is 8.13. The minimum Gasteiger partial charge on any atom is -0.495 e. The maximum Gasteiger partial charge on any atom is 1.00 e. The molecule has 1 saturated heterocycles. The van der Waals surface area contributed by atoms with Crippen molar-refractivity contribution in [3.05, 3.63) is 24.0 Å². The molecule has 1 aliphatic heterocycles. The Balaban J connectivity index is 0.00000128. The van der Waals surface area contributed by atoms with Crippen LogP contribution >= 0.6 is 0 Å². The first-order chi connectivity index (χ1) is 7.29. The van der Waals surface area contributed by atoms with E-state index in [1.54, 1.807) is 13.3 Å². The molecule has 0 amide bonds. The van der Waals surface area contributed by atoms with Gasteiger partial charge in [-0.2, -0.15) is 0 Å². The molecule has 3 nitrogen and oxygen atoms in total. The number of nitrogens with one attached hydrogen (secondary N) is 1. The van der Waals surface area contributed by atoms with Crippen LogP contribution in [0.5, 0.6) is 5.75 Å². The Hall–Kier alpha value is -0.0251. The summed E-state index contributed by atoms with van der Waals surface area (Å²) in [5.41, 5.74) is 1.24. The number of ether oxygens (including phenoxy) is 1. The third kappa shape index (κ3) is 4.62. The summed E-state index contributed by atoms with van der Waals surface area (Å²) in [6.07, 6.45) is 6.15. The van der Waals surface area contributed by atoms with E-state index in [2.05, 4.69) is 23.3 Å². The van der Waals surface area contributed by atoms with Gasteiger partial charge in [0.2, 0.25) is 0 Å². The number of rotatable bonds is 2. The fraction of sp³-hybridized carbons (Fsp3) is 0.583. The Morgan fingerprint density at radius 2 is 2.12 bits per heavy atom. The molecular weight excluding hydrogens is 222 g/mol. The molecule has 0 aromatic carbocycles. The van der Waals surface area contributed by atoms with Gasteiger partial charge in [0.05, 0.1) is 13.3 Å². The van der Waals surface area contributed by atoms with Gasteiger partial charge in [0.25, 0.3) is 0 Å². The number of piperidine rings is 1. The standard InChI is InChI=1S/C12H18N2O.BH4.Na/c1-9-3-4-12(14-6-9)10-5-11(15-2)8-13-7-10;;/h5,7-9,12,14H,3-4,6H2,1-2H3;1H4;/q;-1;+1. The number of aromatic nitrogens is 1. The molecule has 0 aliphatic carbocycles. The van der Waals surface area contributed by atoms with E-state index in [0.717, 1.165) is 18.2 Å². The smallest absolute Gasteiger partial charge is 0.495 e. The van der Waals surface area contributed by atoms with Crippen molar-refractivity contribution in [1.29, 1.82) is 0 Å². The summed E-state index contributed by atoms with van der Waals surface area (Å²) in [7, 11) is 1.68. The van der Waals surface area contributed by atoms with Crippen molar-refractivity contribution in [2.45, 2.75) is 25.8 Å². The minimum absolute atomic E-state index is 0. The summed E-state index contributed by atoms with van der Waals surface area (Å²) < 4.78 is 5.18. The van der Waals surface area contributed by atoms with Crippen molar-refractivity contribution in [3.63, 3.8) is 0 Å². The van der Waals surface area contributed by atoms with Gasteiger partial charge in [-0.1, -0.05) is 15.3 Å². The minimum atomic E-state index is 0. The number of hydrogen-bond donors (Lipinski definition) is 1. The average molecular weight is 244 g/mol.